The minimum atomic E-state index is -4.62. The van der Waals surface area contributed by atoms with E-state index in [9.17, 15) is 36.6 Å². The van der Waals surface area contributed by atoms with Crippen LogP contribution >= 0.6 is 11.3 Å². The van der Waals surface area contributed by atoms with Crippen molar-refractivity contribution in [3.05, 3.63) is 28.5 Å². The molecule has 4 heterocycles. The zero-order chi connectivity index (χ0) is 28.1. The molecule has 2 aromatic heterocycles. The number of fused-ring (bicyclic) bond motifs is 2. The van der Waals surface area contributed by atoms with Crippen LogP contribution in [0.1, 0.15) is 84.1 Å². The lowest BCUT2D eigenvalue weighted by atomic mass is 10.0. The van der Waals surface area contributed by atoms with E-state index < -0.39 is 54.0 Å². The van der Waals surface area contributed by atoms with Gasteiger partial charge in [-0.2, -0.15) is 13.2 Å². The van der Waals surface area contributed by atoms with E-state index in [1.807, 2.05) is 0 Å². The van der Waals surface area contributed by atoms with Gasteiger partial charge in [0.25, 0.3) is 18.2 Å². The SMILES string of the molecule is C[C@H](Nc1cc(C(F)F)c(-c2sc(C(=O)N[C@@H]3CCC[C@H]3O)nc2C(=O)N2[C@H]3CC[C@@H]2CC3)cn1)C(F)(F)F. The van der Waals surface area contributed by atoms with Crippen LogP contribution < -0.4 is 10.6 Å². The number of hydrogen-bond acceptors (Lipinski definition) is 7. The van der Waals surface area contributed by atoms with Gasteiger partial charge in [0, 0.05) is 29.4 Å². The summed E-state index contributed by atoms with van der Waals surface area (Å²) < 4.78 is 67.4. The second kappa shape index (κ2) is 10.6. The fourth-order valence-corrected chi connectivity index (χ4v) is 6.67. The maximum atomic E-state index is 14.2. The van der Waals surface area contributed by atoms with Crippen LogP contribution in [0.2, 0.25) is 0 Å². The summed E-state index contributed by atoms with van der Waals surface area (Å²) in [5, 5.41) is 14.8. The van der Waals surface area contributed by atoms with E-state index in [0.717, 1.165) is 62.6 Å². The highest BCUT2D eigenvalue weighted by molar-refractivity contribution is 7.17. The van der Waals surface area contributed by atoms with Gasteiger partial charge in [-0.25, -0.2) is 18.7 Å². The topological polar surface area (TPSA) is 107 Å². The summed E-state index contributed by atoms with van der Waals surface area (Å²) in [6, 6.07) is -1.69. The van der Waals surface area contributed by atoms with E-state index in [0.29, 0.717) is 12.8 Å². The highest BCUT2D eigenvalue weighted by atomic mass is 32.1. The number of nitrogens with zero attached hydrogens (tertiary/aromatic N) is 3. The Balaban J connectivity index is 1.53. The normalized spacial score (nSPS) is 25.4. The number of alkyl halides is 5. The fraction of sp³-hybridized carbons (Fsp3) is 0.600. The molecule has 3 N–H and O–H groups in total. The van der Waals surface area contributed by atoms with Crippen LogP contribution in [0.15, 0.2) is 12.3 Å². The number of amides is 2. The van der Waals surface area contributed by atoms with Gasteiger partial charge in [0.2, 0.25) is 0 Å². The van der Waals surface area contributed by atoms with Crippen LogP contribution in [0.4, 0.5) is 27.8 Å². The van der Waals surface area contributed by atoms with Gasteiger partial charge in [-0.05, 0) is 57.9 Å². The average molecular weight is 574 g/mol. The number of rotatable bonds is 7. The first-order valence-electron chi connectivity index (χ1n) is 12.9. The Morgan fingerprint density at radius 3 is 2.36 bits per heavy atom. The summed E-state index contributed by atoms with van der Waals surface area (Å²) in [4.78, 5) is 36.6. The summed E-state index contributed by atoms with van der Waals surface area (Å²) in [6.45, 7) is 0.841. The van der Waals surface area contributed by atoms with Crippen molar-refractivity contribution in [2.24, 2.45) is 0 Å². The number of aromatic nitrogens is 2. The first kappa shape index (κ1) is 27.7. The third-order valence-electron chi connectivity index (χ3n) is 7.78. The monoisotopic (exact) mass is 573 g/mol. The van der Waals surface area contributed by atoms with E-state index >= 15 is 0 Å². The van der Waals surface area contributed by atoms with Crippen LogP contribution in [-0.4, -0.2) is 68.2 Å². The van der Waals surface area contributed by atoms with Gasteiger partial charge in [-0.3, -0.25) is 9.59 Å². The number of halogens is 5. The third kappa shape index (κ3) is 5.45. The molecule has 1 aliphatic carbocycles. The summed E-state index contributed by atoms with van der Waals surface area (Å²) >= 11 is 0.745. The number of carbonyl (C=O) groups excluding carboxylic acids is 2. The van der Waals surface area contributed by atoms with Crippen LogP contribution in [0.3, 0.4) is 0 Å². The number of nitrogens with one attached hydrogen (secondary N) is 2. The molecule has 2 saturated heterocycles. The van der Waals surface area contributed by atoms with Gasteiger partial charge >= 0.3 is 6.18 Å². The number of anilines is 1. The molecule has 14 heteroatoms. The van der Waals surface area contributed by atoms with Gasteiger partial charge < -0.3 is 20.6 Å². The van der Waals surface area contributed by atoms with Crippen LogP contribution in [-0.2, 0) is 0 Å². The summed E-state index contributed by atoms with van der Waals surface area (Å²) in [7, 11) is 0. The Labute approximate surface area is 225 Å². The van der Waals surface area contributed by atoms with Crippen molar-refractivity contribution < 1.29 is 36.6 Å². The quantitative estimate of drug-likeness (QED) is 0.406. The third-order valence-corrected chi connectivity index (χ3v) is 8.87. The molecule has 3 fully saturated rings. The van der Waals surface area contributed by atoms with Crippen molar-refractivity contribution in [1.29, 1.82) is 0 Å². The number of carbonyl (C=O) groups is 2. The summed E-state index contributed by atoms with van der Waals surface area (Å²) in [6.07, 6.45) is -2.33. The zero-order valence-corrected chi connectivity index (χ0v) is 21.8. The molecule has 2 amide bonds. The zero-order valence-electron chi connectivity index (χ0n) is 21.0. The highest BCUT2D eigenvalue weighted by Gasteiger charge is 2.44. The molecular formula is C25H28F5N5O3S. The van der Waals surface area contributed by atoms with Crippen molar-refractivity contribution in [3.63, 3.8) is 0 Å². The number of pyridine rings is 1. The van der Waals surface area contributed by atoms with Gasteiger partial charge in [-0.1, -0.05) is 0 Å². The molecule has 5 rings (SSSR count). The van der Waals surface area contributed by atoms with Crippen molar-refractivity contribution >= 4 is 29.0 Å². The van der Waals surface area contributed by atoms with Crippen LogP contribution in [0.25, 0.3) is 10.4 Å². The molecule has 8 nitrogen and oxygen atoms in total. The lowest BCUT2D eigenvalue weighted by Gasteiger charge is -2.22. The Morgan fingerprint density at radius 1 is 1.13 bits per heavy atom. The molecule has 212 valence electrons. The van der Waals surface area contributed by atoms with E-state index in [-0.39, 0.29) is 33.2 Å². The Morgan fingerprint density at radius 2 is 1.79 bits per heavy atom. The Bertz CT molecular complexity index is 1240. The minimum absolute atomic E-state index is 0.00152. The minimum Gasteiger partial charge on any atom is -0.391 e. The Kier molecular flexibility index (Phi) is 7.53. The molecule has 1 saturated carbocycles. The van der Waals surface area contributed by atoms with Gasteiger partial charge in [0.15, 0.2) is 5.01 Å². The number of aliphatic hydroxyl groups is 1. The second-order valence-electron chi connectivity index (χ2n) is 10.3. The van der Waals surface area contributed by atoms with Crippen molar-refractivity contribution in [1.82, 2.24) is 20.2 Å². The van der Waals surface area contributed by atoms with E-state index in [4.69, 9.17) is 0 Å². The van der Waals surface area contributed by atoms with E-state index in [1.165, 1.54) is 0 Å². The summed E-state index contributed by atoms with van der Waals surface area (Å²) in [5.74, 6) is -1.51. The number of aliphatic hydroxyl groups excluding tert-OH is 1. The van der Waals surface area contributed by atoms with Crippen LogP contribution in [0, 0.1) is 0 Å². The number of hydrogen-bond donors (Lipinski definition) is 3. The molecule has 0 unspecified atom stereocenters. The molecule has 2 aromatic rings. The van der Waals surface area contributed by atoms with Gasteiger partial charge in [0.05, 0.1) is 17.0 Å². The summed E-state index contributed by atoms with van der Waals surface area (Å²) in [5.41, 5.74) is -0.978. The predicted molar refractivity (Wildman–Crippen MR) is 133 cm³/mol. The molecular weight excluding hydrogens is 545 g/mol. The molecule has 2 aliphatic heterocycles. The standard InChI is InChI=1S/C25H28F5N5O3S/c1-11(25(28,29)30)32-18-9-14(21(26)27)15(10-31-18)20-19(24(38)35-12-5-6-13(35)8-7-12)34-23(39-20)22(37)33-16-3-2-4-17(16)36/h9-13,16-17,21,36H,2-8H2,1H3,(H,31,32)(H,33,37)/t11-,12-,13+,16+,17+/m0/s1. The largest absolute Gasteiger partial charge is 0.408 e. The van der Waals surface area contributed by atoms with Crippen molar-refractivity contribution in [2.75, 3.05) is 5.32 Å². The molecule has 3 atom stereocenters. The molecule has 3 aliphatic rings. The fourth-order valence-electron chi connectivity index (χ4n) is 5.67. The highest BCUT2D eigenvalue weighted by Crippen LogP contribution is 2.42. The lowest BCUT2D eigenvalue weighted by molar-refractivity contribution is -0.138. The van der Waals surface area contributed by atoms with Crippen molar-refractivity contribution in [3.8, 4) is 10.4 Å². The lowest BCUT2D eigenvalue weighted by Crippen LogP contribution is -2.40. The van der Waals surface area contributed by atoms with Crippen LogP contribution in [0.5, 0.6) is 0 Å². The molecule has 0 spiro atoms. The first-order valence-corrected chi connectivity index (χ1v) is 13.7. The van der Waals surface area contributed by atoms with Gasteiger partial charge in [-0.15, -0.1) is 11.3 Å². The number of thiazole rings is 1. The molecule has 2 bridgehead atoms. The maximum absolute atomic E-state index is 14.2. The Hall–Kier alpha value is -2.87. The van der Waals surface area contributed by atoms with Crippen molar-refractivity contribution in [2.45, 2.75) is 94.7 Å². The molecule has 0 radical (unpaired) electrons. The average Bonchev–Trinajstić information content (AvgIpc) is 3.67. The smallest absolute Gasteiger partial charge is 0.391 e. The van der Waals surface area contributed by atoms with Gasteiger partial charge in [0.1, 0.15) is 17.6 Å². The molecule has 39 heavy (non-hydrogen) atoms. The second-order valence-corrected chi connectivity index (χ2v) is 11.3. The first-order chi connectivity index (χ1) is 18.4. The predicted octanol–water partition coefficient (Wildman–Crippen LogP) is 4.92. The maximum Gasteiger partial charge on any atom is 0.408 e. The molecule has 0 aromatic carbocycles. The van der Waals surface area contributed by atoms with E-state index in [1.54, 1.807) is 4.90 Å². The van der Waals surface area contributed by atoms with E-state index in [2.05, 4.69) is 20.6 Å².